The van der Waals surface area contributed by atoms with Crippen LogP contribution < -0.4 is 0 Å². The van der Waals surface area contributed by atoms with Gasteiger partial charge in [0.05, 0.1) is 4.90 Å². The fourth-order valence-electron chi connectivity index (χ4n) is 3.61. The summed E-state index contributed by atoms with van der Waals surface area (Å²) in [6.45, 7) is 8.45. The molecule has 0 unspecified atom stereocenters. The molecule has 0 aliphatic carbocycles. The zero-order chi connectivity index (χ0) is 22.9. The molecule has 0 spiro atoms. The van der Waals surface area contributed by atoms with E-state index in [0.717, 1.165) is 16.7 Å². The highest BCUT2D eigenvalue weighted by Gasteiger charge is 2.28. The van der Waals surface area contributed by atoms with Crippen LogP contribution in [-0.4, -0.2) is 13.4 Å². The summed E-state index contributed by atoms with van der Waals surface area (Å²) in [5.41, 5.74) is 3.99. The highest BCUT2D eigenvalue weighted by Crippen LogP contribution is 2.32. The molecule has 4 aromatic rings. The van der Waals surface area contributed by atoms with Crippen molar-refractivity contribution in [3.63, 3.8) is 0 Å². The summed E-state index contributed by atoms with van der Waals surface area (Å²) < 4.78 is 33.0. The van der Waals surface area contributed by atoms with E-state index in [1.54, 1.807) is 30.3 Å². The summed E-state index contributed by atoms with van der Waals surface area (Å²) in [4.78, 5) is 4.69. The topological polar surface area (TPSA) is 60.2 Å². The minimum Gasteiger partial charge on any atom is -0.439 e. The van der Waals surface area contributed by atoms with Crippen molar-refractivity contribution in [3.8, 4) is 11.5 Å². The Morgan fingerprint density at radius 2 is 1.47 bits per heavy atom. The van der Waals surface area contributed by atoms with Crippen molar-refractivity contribution >= 4 is 9.84 Å². The van der Waals surface area contributed by atoms with Crippen molar-refractivity contribution in [1.82, 2.24) is 4.98 Å². The third-order valence-corrected chi connectivity index (χ3v) is 7.25. The maximum Gasteiger partial charge on any atom is 0.227 e. The lowest BCUT2D eigenvalue weighted by Crippen LogP contribution is -2.10. The molecule has 0 amide bonds. The summed E-state index contributed by atoms with van der Waals surface area (Å²) in [7, 11) is -3.83. The molecule has 32 heavy (non-hydrogen) atoms. The number of benzene rings is 3. The quantitative estimate of drug-likeness (QED) is 0.358. The Balaban J connectivity index is 1.81. The van der Waals surface area contributed by atoms with Gasteiger partial charge >= 0.3 is 0 Å². The highest BCUT2D eigenvalue weighted by atomic mass is 32.2. The summed E-state index contributed by atoms with van der Waals surface area (Å²) >= 11 is 0. The van der Waals surface area contributed by atoms with Crippen molar-refractivity contribution in [2.45, 2.75) is 49.5 Å². The van der Waals surface area contributed by atoms with Gasteiger partial charge in [0.25, 0.3) is 0 Å². The molecule has 1 heterocycles. The molecule has 5 heteroatoms. The predicted molar refractivity (Wildman–Crippen MR) is 127 cm³/mol. The zero-order valence-corrected chi connectivity index (χ0v) is 19.6. The molecule has 0 aliphatic heterocycles. The zero-order valence-electron chi connectivity index (χ0n) is 18.8. The third-order valence-electron chi connectivity index (χ3n) is 5.53. The van der Waals surface area contributed by atoms with Crippen molar-refractivity contribution in [3.05, 3.63) is 101 Å². The number of sulfone groups is 1. The molecule has 4 nitrogen and oxygen atoms in total. The monoisotopic (exact) mass is 445 g/mol. The molecule has 4 rings (SSSR count). The Bertz CT molecular complexity index is 1330. The number of aromatic nitrogens is 1. The van der Waals surface area contributed by atoms with Gasteiger partial charge in [0.1, 0.15) is 5.76 Å². The van der Waals surface area contributed by atoms with Crippen LogP contribution in [0.4, 0.5) is 0 Å². The van der Waals surface area contributed by atoms with Crippen LogP contribution in [0.3, 0.4) is 0 Å². The number of hydrogen-bond donors (Lipinski definition) is 0. The van der Waals surface area contributed by atoms with E-state index < -0.39 is 9.84 Å². The van der Waals surface area contributed by atoms with Crippen LogP contribution >= 0.6 is 0 Å². The molecule has 3 aromatic carbocycles. The van der Waals surface area contributed by atoms with E-state index in [1.807, 2.05) is 43.3 Å². The van der Waals surface area contributed by atoms with Gasteiger partial charge in [-0.2, -0.15) is 4.98 Å². The van der Waals surface area contributed by atoms with Gasteiger partial charge in [0, 0.05) is 12.0 Å². The normalized spacial score (nSPS) is 12.1. The Morgan fingerprint density at radius 3 is 2.09 bits per heavy atom. The second-order valence-corrected chi connectivity index (χ2v) is 10.9. The third kappa shape index (κ3) is 4.39. The lowest BCUT2D eigenvalue weighted by Gasteiger charge is -2.19. The molecule has 0 aliphatic rings. The first-order chi connectivity index (χ1) is 15.2. The van der Waals surface area contributed by atoms with E-state index in [0.29, 0.717) is 18.1 Å². The average Bonchev–Trinajstić information content (AvgIpc) is 3.19. The average molecular weight is 446 g/mol. The predicted octanol–water partition coefficient (Wildman–Crippen LogP) is 6.37. The van der Waals surface area contributed by atoms with Crippen molar-refractivity contribution < 1.29 is 12.8 Å². The van der Waals surface area contributed by atoms with Crippen LogP contribution in [0.15, 0.2) is 93.2 Å². The molecule has 1 aromatic heterocycles. The molecule has 0 fully saturated rings. The summed E-state index contributed by atoms with van der Waals surface area (Å²) in [5, 5.41) is -0.0261. The fourth-order valence-corrected chi connectivity index (χ4v) is 4.96. The first-order valence-corrected chi connectivity index (χ1v) is 12.1. The smallest absolute Gasteiger partial charge is 0.227 e. The maximum atomic E-state index is 13.4. The van der Waals surface area contributed by atoms with E-state index in [4.69, 9.17) is 4.42 Å². The second-order valence-electron chi connectivity index (χ2n) is 9.00. The molecule has 0 bridgehead atoms. The molecular weight excluding hydrogens is 418 g/mol. The first-order valence-electron chi connectivity index (χ1n) is 10.6. The second kappa shape index (κ2) is 8.40. The summed E-state index contributed by atoms with van der Waals surface area (Å²) in [5.74, 6) is 0.662. The fraction of sp³-hybridized carbons (Fsp3) is 0.222. The van der Waals surface area contributed by atoms with Gasteiger partial charge in [-0.25, -0.2) is 8.42 Å². The molecule has 0 saturated carbocycles. The van der Waals surface area contributed by atoms with Gasteiger partial charge in [-0.1, -0.05) is 81.4 Å². The van der Waals surface area contributed by atoms with Crippen LogP contribution in [-0.2, 0) is 21.7 Å². The number of aryl methyl sites for hydroxylation is 1. The Labute approximate surface area is 189 Å². The molecule has 0 atom stereocenters. The Morgan fingerprint density at radius 1 is 0.844 bits per heavy atom. The van der Waals surface area contributed by atoms with Gasteiger partial charge in [-0.15, -0.1) is 0 Å². The minimum atomic E-state index is -3.83. The van der Waals surface area contributed by atoms with Gasteiger partial charge in [-0.3, -0.25) is 0 Å². The van der Waals surface area contributed by atoms with E-state index in [2.05, 4.69) is 37.9 Å². The first kappa shape index (κ1) is 22.0. The van der Waals surface area contributed by atoms with E-state index in [1.165, 1.54) is 5.56 Å². The van der Waals surface area contributed by atoms with Crippen LogP contribution in [0, 0.1) is 6.92 Å². The summed E-state index contributed by atoms with van der Waals surface area (Å²) in [6, 6.07) is 24.3. The molecular formula is C27H27NO3S. The van der Waals surface area contributed by atoms with Gasteiger partial charge in [0.2, 0.25) is 20.8 Å². The molecule has 0 radical (unpaired) electrons. The molecule has 0 saturated heterocycles. The Kier molecular flexibility index (Phi) is 5.78. The van der Waals surface area contributed by atoms with E-state index >= 15 is 0 Å². The number of oxazole rings is 1. The number of nitrogens with zero attached hydrogens (tertiary/aromatic N) is 1. The van der Waals surface area contributed by atoms with E-state index in [9.17, 15) is 8.42 Å². The van der Waals surface area contributed by atoms with Crippen LogP contribution in [0.25, 0.3) is 11.5 Å². The maximum absolute atomic E-state index is 13.4. The SMILES string of the molecule is Cc1ccccc1-c1nc(S(=O)(=O)c2ccccc2)c(Cc2ccc(C(C)(C)C)cc2)o1. The largest absolute Gasteiger partial charge is 0.439 e. The summed E-state index contributed by atoms with van der Waals surface area (Å²) in [6.07, 6.45) is 0.338. The van der Waals surface area contributed by atoms with Crippen LogP contribution in [0.5, 0.6) is 0 Å². The van der Waals surface area contributed by atoms with Gasteiger partial charge in [-0.05, 0) is 47.2 Å². The lowest BCUT2D eigenvalue weighted by atomic mass is 9.86. The van der Waals surface area contributed by atoms with Crippen molar-refractivity contribution in [2.24, 2.45) is 0 Å². The van der Waals surface area contributed by atoms with Crippen molar-refractivity contribution in [1.29, 1.82) is 0 Å². The highest BCUT2D eigenvalue weighted by molar-refractivity contribution is 7.91. The number of rotatable bonds is 5. The van der Waals surface area contributed by atoms with Gasteiger partial charge in [0.15, 0.2) is 0 Å². The molecule has 0 N–H and O–H groups in total. The minimum absolute atomic E-state index is 0.0261. The standard InChI is InChI=1S/C27H27NO3S/c1-19-10-8-9-13-23(19)25-28-26(32(29,30)22-11-6-5-7-12-22)24(31-25)18-20-14-16-21(17-15-20)27(2,3)4/h5-17H,18H2,1-4H3. The lowest BCUT2D eigenvalue weighted by molar-refractivity contribution is 0.519. The Hall–Kier alpha value is -3.18. The number of hydrogen-bond acceptors (Lipinski definition) is 4. The van der Waals surface area contributed by atoms with Gasteiger partial charge < -0.3 is 4.42 Å². The van der Waals surface area contributed by atoms with Crippen molar-refractivity contribution in [2.75, 3.05) is 0 Å². The molecule has 164 valence electrons. The van der Waals surface area contributed by atoms with Crippen LogP contribution in [0.2, 0.25) is 0 Å². The van der Waals surface area contributed by atoms with E-state index in [-0.39, 0.29) is 15.3 Å². The van der Waals surface area contributed by atoms with Crippen LogP contribution in [0.1, 0.15) is 43.2 Å².